The third kappa shape index (κ3) is 8.64. The van der Waals surface area contributed by atoms with E-state index in [0.717, 1.165) is 0 Å². The number of aliphatic carboxylic acids is 1. The number of ether oxygens (including phenoxy) is 1. The quantitative estimate of drug-likeness (QED) is 0.290. The number of hydrogen-bond acceptors (Lipinski definition) is 6. The zero-order valence-corrected chi connectivity index (χ0v) is 21.1. The van der Waals surface area contributed by atoms with Crippen molar-refractivity contribution in [2.24, 2.45) is 5.92 Å². The summed E-state index contributed by atoms with van der Waals surface area (Å²) in [7, 11) is 1.49. The molecule has 4 N–H and O–H groups in total. The standard InChI is InChI=1S/C26H32N6O5/c1-17(2)14-21(19-9-12-32(31-19)13-10-25(34)35)28-24(33)16-18-7-8-20(22(15-18)37-3)29-26(36)30-23-6-4-5-11-27-23/h4-9,11-12,15,17,21H,10,13-14,16H2,1-3H3,(H,28,33)(H,34,35)(H2,27,29,30,36). The maximum Gasteiger partial charge on any atom is 0.324 e. The van der Waals surface area contributed by atoms with Gasteiger partial charge < -0.3 is 20.5 Å². The first kappa shape index (κ1) is 27.2. The number of anilines is 2. The molecule has 0 radical (unpaired) electrons. The number of carboxylic acids is 1. The summed E-state index contributed by atoms with van der Waals surface area (Å²) in [6, 6.07) is 11.3. The van der Waals surface area contributed by atoms with E-state index in [4.69, 9.17) is 9.84 Å². The van der Waals surface area contributed by atoms with Crippen molar-refractivity contribution in [2.75, 3.05) is 17.7 Å². The molecule has 1 unspecified atom stereocenters. The van der Waals surface area contributed by atoms with Gasteiger partial charge in [-0.25, -0.2) is 9.78 Å². The third-order valence-corrected chi connectivity index (χ3v) is 5.40. The fraction of sp³-hybridized carbons (Fsp3) is 0.346. The van der Waals surface area contributed by atoms with Gasteiger partial charge in [0, 0.05) is 12.4 Å². The number of carbonyl (C=O) groups is 3. The first-order valence-corrected chi connectivity index (χ1v) is 11.9. The first-order valence-electron chi connectivity index (χ1n) is 11.9. The van der Waals surface area contributed by atoms with Crippen LogP contribution in [0.3, 0.4) is 0 Å². The number of carbonyl (C=O) groups excluding carboxylic acids is 2. The molecule has 0 aliphatic heterocycles. The SMILES string of the molecule is COc1cc(CC(=O)NC(CC(C)C)c2ccn(CCC(=O)O)n2)ccc1NC(=O)Nc1ccccn1. The van der Waals surface area contributed by atoms with Crippen LogP contribution in [0.1, 0.15) is 44.0 Å². The highest BCUT2D eigenvalue weighted by Gasteiger charge is 2.20. The third-order valence-electron chi connectivity index (χ3n) is 5.40. The Hall–Kier alpha value is -4.41. The van der Waals surface area contributed by atoms with Gasteiger partial charge in [-0.2, -0.15) is 5.10 Å². The number of nitrogens with one attached hydrogen (secondary N) is 3. The lowest BCUT2D eigenvalue weighted by Crippen LogP contribution is -2.31. The molecule has 0 aliphatic rings. The van der Waals surface area contributed by atoms with E-state index in [2.05, 4.69) is 39.9 Å². The number of carboxylic acid groups (broad SMARTS) is 1. The Kier molecular flexibility index (Phi) is 9.59. The Balaban J connectivity index is 1.63. The molecular weight excluding hydrogens is 476 g/mol. The van der Waals surface area contributed by atoms with Gasteiger partial charge in [0.2, 0.25) is 5.91 Å². The van der Waals surface area contributed by atoms with E-state index in [0.29, 0.717) is 40.9 Å². The molecule has 2 heterocycles. The van der Waals surface area contributed by atoms with E-state index in [1.54, 1.807) is 59.5 Å². The molecule has 11 nitrogen and oxygen atoms in total. The molecule has 1 atom stereocenters. The van der Waals surface area contributed by atoms with E-state index in [9.17, 15) is 14.4 Å². The van der Waals surface area contributed by atoms with Crippen LogP contribution in [0.2, 0.25) is 0 Å². The second-order valence-corrected chi connectivity index (χ2v) is 8.90. The summed E-state index contributed by atoms with van der Waals surface area (Å²) in [5.74, 6) is 0.0420. The van der Waals surface area contributed by atoms with Crippen LogP contribution in [0, 0.1) is 5.92 Å². The van der Waals surface area contributed by atoms with Crippen molar-refractivity contribution in [1.29, 1.82) is 0 Å². The van der Waals surface area contributed by atoms with Crippen molar-refractivity contribution in [3.63, 3.8) is 0 Å². The lowest BCUT2D eigenvalue weighted by Gasteiger charge is -2.19. The summed E-state index contributed by atoms with van der Waals surface area (Å²) >= 11 is 0. The molecule has 0 saturated heterocycles. The van der Waals surface area contributed by atoms with E-state index in [1.165, 1.54) is 7.11 Å². The number of hydrogen-bond donors (Lipinski definition) is 4. The predicted molar refractivity (Wildman–Crippen MR) is 138 cm³/mol. The molecule has 1 aromatic carbocycles. The molecule has 0 aliphatic carbocycles. The number of nitrogens with zero attached hydrogens (tertiary/aromatic N) is 3. The molecule has 11 heteroatoms. The first-order chi connectivity index (χ1) is 17.7. The van der Waals surface area contributed by atoms with Gasteiger partial charge in [-0.1, -0.05) is 26.0 Å². The van der Waals surface area contributed by atoms with Crippen LogP contribution in [-0.2, 0) is 22.6 Å². The molecule has 0 fully saturated rings. The predicted octanol–water partition coefficient (Wildman–Crippen LogP) is 3.85. The summed E-state index contributed by atoms with van der Waals surface area (Å²) in [6.45, 7) is 4.38. The van der Waals surface area contributed by atoms with Crippen molar-refractivity contribution >= 4 is 29.4 Å². The zero-order chi connectivity index (χ0) is 26.8. The van der Waals surface area contributed by atoms with Crippen molar-refractivity contribution in [3.05, 3.63) is 66.1 Å². The number of aromatic nitrogens is 3. The van der Waals surface area contributed by atoms with E-state index >= 15 is 0 Å². The molecule has 0 spiro atoms. The monoisotopic (exact) mass is 508 g/mol. The second kappa shape index (κ2) is 13.1. The van der Waals surface area contributed by atoms with Gasteiger partial charge in [-0.3, -0.25) is 19.6 Å². The molecule has 3 amide bonds. The lowest BCUT2D eigenvalue weighted by atomic mass is 10.0. The van der Waals surface area contributed by atoms with E-state index in [1.807, 2.05) is 0 Å². The van der Waals surface area contributed by atoms with Crippen LogP contribution in [0.5, 0.6) is 5.75 Å². The number of rotatable bonds is 12. The molecule has 196 valence electrons. The normalized spacial score (nSPS) is 11.6. The van der Waals surface area contributed by atoms with Gasteiger partial charge >= 0.3 is 12.0 Å². The Morgan fingerprint density at radius 2 is 1.92 bits per heavy atom. The van der Waals surface area contributed by atoms with Crippen molar-refractivity contribution in [2.45, 2.75) is 45.7 Å². The fourth-order valence-electron chi connectivity index (χ4n) is 3.71. The van der Waals surface area contributed by atoms with Gasteiger partial charge in [0.25, 0.3) is 0 Å². The Morgan fingerprint density at radius 3 is 2.59 bits per heavy atom. The highest BCUT2D eigenvalue weighted by molar-refractivity contribution is 6.00. The van der Waals surface area contributed by atoms with Gasteiger partial charge in [0.15, 0.2) is 0 Å². The second-order valence-electron chi connectivity index (χ2n) is 8.90. The summed E-state index contributed by atoms with van der Waals surface area (Å²) in [5, 5.41) is 21.8. The highest BCUT2D eigenvalue weighted by Crippen LogP contribution is 2.26. The largest absolute Gasteiger partial charge is 0.495 e. The van der Waals surface area contributed by atoms with Crippen LogP contribution < -0.4 is 20.7 Å². The summed E-state index contributed by atoms with van der Waals surface area (Å²) in [4.78, 5) is 40.1. The van der Waals surface area contributed by atoms with Gasteiger partial charge in [-0.15, -0.1) is 0 Å². The van der Waals surface area contributed by atoms with Crippen LogP contribution in [0.15, 0.2) is 54.9 Å². The highest BCUT2D eigenvalue weighted by atomic mass is 16.5. The summed E-state index contributed by atoms with van der Waals surface area (Å²) in [5.41, 5.74) is 1.84. The van der Waals surface area contributed by atoms with Crippen molar-refractivity contribution in [3.8, 4) is 5.75 Å². The number of pyridine rings is 1. The topological polar surface area (TPSA) is 147 Å². The minimum absolute atomic E-state index is 0.0280. The molecule has 0 bridgehead atoms. The number of benzene rings is 1. The Labute approximate surface area is 215 Å². The summed E-state index contributed by atoms with van der Waals surface area (Å²) < 4.78 is 6.99. The Bertz CT molecular complexity index is 1210. The average molecular weight is 509 g/mol. The van der Waals surface area contributed by atoms with E-state index < -0.39 is 12.0 Å². The minimum Gasteiger partial charge on any atom is -0.495 e. The van der Waals surface area contributed by atoms with Gasteiger partial charge in [0.05, 0.1) is 43.9 Å². The van der Waals surface area contributed by atoms with Gasteiger partial charge in [0.1, 0.15) is 11.6 Å². The number of aryl methyl sites for hydroxylation is 1. The maximum atomic E-state index is 12.9. The molecule has 3 aromatic rings. The molecule has 2 aromatic heterocycles. The number of amides is 3. The average Bonchev–Trinajstić information content (AvgIpc) is 3.33. The molecular formula is C26H32N6O5. The fourth-order valence-corrected chi connectivity index (χ4v) is 3.71. The lowest BCUT2D eigenvalue weighted by molar-refractivity contribution is -0.137. The molecule has 0 saturated carbocycles. The number of urea groups is 1. The van der Waals surface area contributed by atoms with Crippen LogP contribution >= 0.6 is 0 Å². The van der Waals surface area contributed by atoms with Crippen molar-refractivity contribution in [1.82, 2.24) is 20.1 Å². The van der Waals surface area contributed by atoms with Crippen molar-refractivity contribution < 1.29 is 24.2 Å². The smallest absolute Gasteiger partial charge is 0.324 e. The number of methoxy groups -OCH3 is 1. The minimum atomic E-state index is -0.894. The summed E-state index contributed by atoms with van der Waals surface area (Å²) in [6.07, 6.45) is 4.05. The van der Waals surface area contributed by atoms with Crippen LogP contribution in [-0.4, -0.2) is 44.9 Å². The van der Waals surface area contributed by atoms with E-state index in [-0.39, 0.29) is 31.3 Å². The molecule has 3 rings (SSSR count). The molecule has 37 heavy (non-hydrogen) atoms. The zero-order valence-electron chi connectivity index (χ0n) is 21.1. The van der Waals surface area contributed by atoms with Gasteiger partial charge in [-0.05, 0) is 48.2 Å². The maximum absolute atomic E-state index is 12.9. The van der Waals surface area contributed by atoms with Crippen LogP contribution in [0.4, 0.5) is 16.3 Å². The Morgan fingerprint density at radius 1 is 1.11 bits per heavy atom. The van der Waals surface area contributed by atoms with Crippen LogP contribution in [0.25, 0.3) is 0 Å².